The van der Waals surface area contributed by atoms with Gasteiger partial charge in [-0.25, -0.2) is 4.39 Å². The molecule has 2 N–H and O–H groups in total. The number of nitrogens with two attached hydrogens (primary N) is 1. The SMILES string of the molecule is COc1c(F)cccc1-c1cc(N)on1. The minimum Gasteiger partial charge on any atom is -0.493 e. The van der Waals surface area contributed by atoms with E-state index in [1.165, 1.54) is 19.2 Å². The molecule has 78 valence electrons. The molecule has 2 aromatic rings. The molecular weight excluding hydrogens is 199 g/mol. The summed E-state index contributed by atoms with van der Waals surface area (Å²) in [4.78, 5) is 0. The molecule has 1 heterocycles. The number of nitrogen functional groups attached to an aromatic ring is 1. The average molecular weight is 208 g/mol. The number of para-hydroxylation sites is 1. The first-order valence-electron chi connectivity index (χ1n) is 4.27. The standard InChI is InChI=1S/C10H9FN2O2/c1-14-10-6(3-2-4-7(10)11)8-5-9(12)15-13-8/h2-5H,12H2,1H3. The maximum atomic E-state index is 13.3. The van der Waals surface area contributed by atoms with E-state index in [1.54, 1.807) is 12.1 Å². The molecule has 1 aromatic carbocycles. The van der Waals surface area contributed by atoms with Gasteiger partial charge in [-0.2, -0.15) is 0 Å². The predicted octanol–water partition coefficient (Wildman–Crippen LogP) is 2.07. The molecule has 0 bridgehead atoms. The first kappa shape index (κ1) is 9.51. The number of nitrogens with zero attached hydrogens (tertiary/aromatic N) is 1. The lowest BCUT2D eigenvalue weighted by molar-refractivity contribution is 0.387. The number of anilines is 1. The van der Waals surface area contributed by atoms with Gasteiger partial charge in [0.25, 0.3) is 0 Å². The van der Waals surface area contributed by atoms with E-state index in [2.05, 4.69) is 5.16 Å². The highest BCUT2D eigenvalue weighted by molar-refractivity contribution is 5.68. The number of aromatic nitrogens is 1. The van der Waals surface area contributed by atoms with E-state index in [-0.39, 0.29) is 11.6 Å². The minimum absolute atomic E-state index is 0.130. The number of methoxy groups -OCH3 is 1. The zero-order valence-electron chi connectivity index (χ0n) is 8.03. The molecule has 0 spiro atoms. The molecule has 1 aromatic heterocycles. The van der Waals surface area contributed by atoms with E-state index in [0.717, 1.165) is 0 Å². The molecule has 5 heteroatoms. The van der Waals surface area contributed by atoms with Crippen LogP contribution in [0.5, 0.6) is 5.75 Å². The fraction of sp³-hybridized carbons (Fsp3) is 0.100. The third kappa shape index (κ3) is 1.63. The summed E-state index contributed by atoms with van der Waals surface area (Å²) in [6, 6.07) is 6.07. The number of hydrogen-bond acceptors (Lipinski definition) is 4. The summed E-state index contributed by atoms with van der Waals surface area (Å²) in [7, 11) is 1.39. The Kier molecular flexibility index (Phi) is 2.29. The second-order valence-electron chi connectivity index (χ2n) is 2.94. The highest BCUT2D eigenvalue weighted by Gasteiger charge is 2.13. The van der Waals surface area contributed by atoms with Gasteiger partial charge in [-0.3, -0.25) is 0 Å². The normalized spacial score (nSPS) is 10.3. The molecule has 0 aliphatic heterocycles. The highest BCUT2D eigenvalue weighted by atomic mass is 19.1. The first-order chi connectivity index (χ1) is 7.22. The van der Waals surface area contributed by atoms with Crippen LogP contribution in [0.3, 0.4) is 0 Å². The summed E-state index contributed by atoms with van der Waals surface area (Å²) < 4.78 is 23.0. The summed E-state index contributed by atoms with van der Waals surface area (Å²) in [5, 5.41) is 3.69. The number of benzene rings is 1. The number of halogens is 1. The van der Waals surface area contributed by atoms with Crippen molar-refractivity contribution in [3.05, 3.63) is 30.1 Å². The highest BCUT2D eigenvalue weighted by Crippen LogP contribution is 2.31. The van der Waals surface area contributed by atoms with Gasteiger partial charge >= 0.3 is 0 Å². The van der Waals surface area contributed by atoms with Crippen molar-refractivity contribution in [3.63, 3.8) is 0 Å². The molecule has 15 heavy (non-hydrogen) atoms. The molecule has 0 aliphatic rings. The predicted molar refractivity (Wildman–Crippen MR) is 52.9 cm³/mol. The van der Waals surface area contributed by atoms with Crippen molar-refractivity contribution in [2.45, 2.75) is 0 Å². The van der Waals surface area contributed by atoms with Gasteiger partial charge in [0.2, 0.25) is 5.88 Å². The van der Waals surface area contributed by atoms with Crippen LogP contribution in [-0.4, -0.2) is 12.3 Å². The van der Waals surface area contributed by atoms with Crippen molar-refractivity contribution in [3.8, 4) is 17.0 Å². The lowest BCUT2D eigenvalue weighted by Gasteiger charge is -2.05. The van der Waals surface area contributed by atoms with Crippen molar-refractivity contribution < 1.29 is 13.7 Å². The van der Waals surface area contributed by atoms with Crippen LogP contribution in [-0.2, 0) is 0 Å². The molecule has 0 atom stereocenters. The Labute approximate surface area is 85.4 Å². The maximum Gasteiger partial charge on any atom is 0.222 e. The fourth-order valence-electron chi connectivity index (χ4n) is 1.33. The van der Waals surface area contributed by atoms with Gasteiger partial charge in [0.15, 0.2) is 11.6 Å². The van der Waals surface area contributed by atoms with Gasteiger partial charge in [-0.1, -0.05) is 11.2 Å². The summed E-state index contributed by atoms with van der Waals surface area (Å²) in [6.07, 6.45) is 0. The monoisotopic (exact) mass is 208 g/mol. The summed E-state index contributed by atoms with van der Waals surface area (Å²) in [6.45, 7) is 0. The molecule has 0 saturated carbocycles. The average Bonchev–Trinajstić information content (AvgIpc) is 2.64. The van der Waals surface area contributed by atoms with Crippen molar-refractivity contribution >= 4 is 5.88 Å². The zero-order valence-corrected chi connectivity index (χ0v) is 8.03. The first-order valence-corrected chi connectivity index (χ1v) is 4.27. The van der Waals surface area contributed by atoms with E-state index in [4.69, 9.17) is 15.0 Å². The molecule has 0 aliphatic carbocycles. The fourth-order valence-corrected chi connectivity index (χ4v) is 1.33. The van der Waals surface area contributed by atoms with Crippen LogP contribution in [0, 0.1) is 5.82 Å². The smallest absolute Gasteiger partial charge is 0.222 e. The van der Waals surface area contributed by atoms with Crippen molar-refractivity contribution in [2.75, 3.05) is 12.8 Å². The third-order valence-corrected chi connectivity index (χ3v) is 1.98. The summed E-state index contributed by atoms with van der Waals surface area (Å²) >= 11 is 0. The van der Waals surface area contributed by atoms with Crippen LogP contribution in [0.25, 0.3) is 11.3 Å². The van der Waals surface area contributed by atoms with Crippen LogP contribution >= 0.6 is 0 Å². The number of rotatable bonds is 2. The Morgan fingerprint density at radius 3 is 2.87 bits per heavy atom. The Balaban J connectivity index is 2.57. The largest absolute Gasteiger partial charge is 0.493 e. The summed E-state index contributed by atoms with van der Waals surface area (Å²) in [5.74, 6) is -0.140. The van der Waals surface area contributed by atoms with Gasteiger partial charge in [-0.15, -0.1) is 0 Å². The van der Waals surface area contributed by atoms with E-state index < -0.39 is 5.82 Å². The van der Waals surface area contributed by atoms with Crippen molar-refractivity contribution in [1.29, 1.82) is 0 Å². The Hall–Kier alpha value is -2.04. The topological polar surface area (TPSA) is 61.3 Å². The minimum atomic E-state index is -0.448. The second kappa shape index (κ2) is 3.61. The Morgan fingerprint density at radius 2 is 2.27 bits per heavy atom. The molecule has 0 fully saturated rings. The lowest BCUT2D eigenvalue weighted by atomic mass is 10.1. The van der Waals surface area contributed by atoms with Gasteiger partial charge in [0, 0.05) is 11.6 Å². The molecule has 0 saturated heterocycles. The molecular formula is C10H9FN2O2. The second-order valence-corrected chi connectivity index (χ2v) is 2.94. The van der Waals surface area contributed by atoms with Crippen molar-refractivity contribution in [1.82, 2.24) is 5.16 Å². The molecule has 0 radical (unpaired) electrons. The van der Waals surface area contributed by atoms with Crippen LogP contribution in [0.2, 0.25) is 0 Å². The Bertz CT molecular complexity index is 482. The maximum absolute atomic E-state index is 13.3. The quantitative estimate of drug-likeness (QED) is 0.820. The zero-order chi connectivity index (χ0) is 10.8. The molecule has 4 nitrogen and oxygen atoms in total. The van der Waals surface area contributed by atoms with E-state index in [1.807, 2.05) is 0 Å². The van der Waals surface area contributed by atoms with Crippen LogP contribution in [0.1, 0.15) is 0 Å². The van der Waals surface area contributed by atoms with Crippen LogP contribution in [0.4, 0.5) is 10.3 Å². The molecule has 0 amide bonds. The number of hydrogen-bond donors (Lipinski definition) is 1. The van der Waals surface area contributed by atoms with Gasteiger partial charge in [0.05, 0.1) is 7.11 Å². The summed E-state index contributed by atoms with van der Waals surface area (Å²) in [5.41, 5.74) is 6.34. The third-order valence-electron chi connectivity index (χ3n) is 1.98. The van der Waals surface area contributed by atoms with Crippen molar-refractivity contribution in [2.24, 2.45) is 0 Å². The molecule has 0 unspecified atom stereocenters. The van der Waals surface area contributed by atoms with Gasteiger partial charge in [0.1, 0.15) is 5.69 Å². The van der Waals surface area contributed by atoms with Gasteiger partial charge < -0.3 is 15.0 Å². The van der Waals surface area contributed by atoms with E-state index in [0.29, 0.717) is 11.3 Å². The van der Waals surface area contributed by atoms with E-state index in [9.17, 15) is 4.39 Å². The van der Waals surface area contributed by atoms with E-state index >= 15 is 0 Å². The lowest BCUT2D eigenvalue weighted by Crippen LogP contribution is -1.91. The van der Waals surface area contributed by atoms with Crippen LogP contribution < -0.4 is 10.5 Å². The number of ether oxygens (including phenoxy) is 1. The van der Waals surface area contributed by atoms with Crippen LogP contribution in [0.15, 0.2) is 28.8 Å². The Morgan fingerprint density at radius 1 is 1.47 bits per heavy atom. The molecule has 2 rings (SSSR count). The van der Waals surface area contributed by atoms with Gasteiger partial charge in [-0.05, 0) is 12.1 Å².